The molecule has 2 aromatic carbocycles. The summed E-state index contributed by atoms with van der Waals surface area (Å²) >= 11 is 0. The Hall–Kier alpha value is -1.43. The summed E-state index contributed by atoms with van der Waals surface area (Å²) in [7, 11) is -3.31. The Labute approximate surface area is 220 Å². The fourth-order valence-corrected chi connectivity index (χ4v) is 6.82. The lowest BCUT2D eigenvalue weighted by molar-refractivity contribution is 0.0729. The molecule has 0 saturated carbocycles. The lowest BCUT2D eigenvalue weighted by Crippen LogP contribution is -2.41. The van der Waals surface area contributed by atoms with Crippen molar-refractivity contribution in [1.29, 1.82) is 0 Å². The molecule has 0 bridgehead atoms. The van der Waals surface area contributed by atoms with Gasteiger partial charge >= 0.3 is 0 Å². The van der Waals surface area contributed by atoms with Crippen molar-refractivity contribution in [2.24, 2.45) is 0 Å². The van der Waals surface area contributed by atoms with Gasteiger partial charge in [0.2, 0.25) is 10.0 Å². The SMILES string of the molecule is CCCCCCCCCCCCCCCCc1cccc2ccc(CS(=O)(=O)N3CCOCC3)cc12. The number of morpholine rings is 1. The van der Waals surface area contributed by atoms with Crippen LogP contribution in [0.3, 0.4) is 0 Å². The van der Waals surface area contributed by atoms with Crippen LogP contribution < -0.4 is 0 Å². The van der Waals surface area contributed by atoms with E-state index < -0.39 is 10.0 Å². The Balaban J connectivity index is 1.36. The molecular formula is C31H49NO3S. The van der Waals surface area contributed by atoms with Gasteiger partial charge in [-0.05, 0) is 40.8 Å². The number of hydrogen-bond acceptors (Lipinski definition) is 3. The molecule has 36 heavy (non-hydrogen) atoms. The topological polar surface area (TPSA) is 46.6 Å². The minimum Gasteiger partial charge on any atom is -0.379 e. The van der Waals surface area contributed by atoms with Crippen molar-refractivity contribution < 1.29 is 13.2 Å². The van der Waals surface area contributed by atoms with Crippen LogP contribution >= 0.6 is 0 Å². The van der Waals surface area contributed by atoms with Crippen molar-refractivity contribution in [3.63, 3.8) is 0 Å². The summed E-state index contributed by atoms with van der Waals surface area (Å²) in [5.74, 6) is 0.0656. The Morgan fingerprint density at radius 2 is 1.33 bits per heavy atom. The summed E-state index contributed by atoms with van der Waals surface area (Å²) in [6, 6.07) is 12.6. The summed E-state index contributed by atoms with van der Waals surface area (Å²) < 4.78 is 32.6. The maximum atomic E-state index is 12.9. The van der Waals surface area contributed by atoms with Gasteiger partial charge in [-0.2, -0.15) is 4.31 Å². The van der Waals surface area contributed by atoms with Crippen LogP contribution in [0.5, 0.6) is 0 Å². The lowest BCUT2D eigenvalue weighted by Gasteiger charge is -2.26. The predicted molar refractivity (Wildman–Crippen MR) is 153 cm³/mol. The van der Waals surface area contributed by atoms with Crippen LogP contribution in [0.25, 0.3) is 10.8 Å². The average molecular weight is 516 g/mol. The van der Waals surface area contributed by atoms with E-state index in [1.807, 2.05) is 6.07 Å². The van der Waals surface area contributed by atoms with Gasteiger partial charge in [0.15, 0.2) is 0 Å². The quantitative estimate of drug-likeness (QED) is 0.189. The first-order valence-corrected chi connectivity index (χ1v) is 16.3. The first-order chi connectivity index (χ1) is 17.6. The van der Waals surface area contributed by atoms with Crippen LogP contribution in [-0.4, -0.2) is 39.0 Å². The molecule has 1 fully saturated rings. The molecule has 4 nitrogen and oxygen atoms in total. The Kier molecular flexibility index (Phi) is 13.3. The van der Waals surface area contributed by atoms with Crippen molar-refractivity contribution in [1.82, 2.24) is 4.31 Å². The molecule has 0 radical (unpaired) electrons. The van der Waals surface area contributed by atoms with Gasteiger partial charge < -0.3 is 4.74 Å². The average Bonchev–Trinajstić information content (AvgIpc) is 2.89. The van der Waals surface area contributed by atoms with Crippen LogP contribution in [0.1, 0.15) is 108 Å². The number of unbranched alkanes of at least 4 members (excludes halogenated alkanes) is 13. The van der Waals surface area contributed by atoms with Crippen LogP contribution in [0.4, 0.5) is 0 Å². The summed E-state index contributed by atoms with van der Waals surface area (Å²) in [6.07, 6.45) is 20.3. The third-order valence-electron chi connectivity index (χ3n) is 7.55. The largest absolute Gasteiger partial charge is 0.379 e. The van der Waals surface area contributed by atoms with Gasteiger partial charge in [-0.3, -0.25) is 0 Å². The summed E-state index contributed by atoms with van der Waals surface area (Å²) in [5, 5.41) is 2.41. The zero-order valence-electron chi connectivity index (χ0n) is 22.7. The molecule has 0 atom stereocenters. The van der Waals surface area contributed by atoms with Gasteiger partial charge in [-0.1, -0.05) is 121 Å². The molecule has 0 N–H and O–H groups in total. The van der Waals surface area contributed by atoms with E-state index in [-0.39, 0.29) is 5.75 Å². The van der Waals surface area contributed by atoms with E-state index in [9.17, 15) is 8.42 Å². The van der Waals surface area contributed by atoms with Gasteiger partial charge in [0.05, 0.1) is 19.0 Å². The molecule has 0 aliphatic carbocycles. The summed E-state index contributed by atoms with van der Waals surface area (Å²) in [6.45, 7) is 4.17. The first kappa shape index (κ1) is 29.1. The molecule has 1 saturated heterocycles. The second kappa shape index (κ2) is 16.4. The van der Waals surface area contributed by atoms with E-state index in [1.54, 1.807) is 4.31 Å². The van der Waals surface area contributed by atoms with Crippen LogP contribution in [0.15, 0.2) is 36.4 Å². The maximum absolute atomic E-state index is 12.9. The van der Waals surface area contributed by atoms with Gasteiger partial charge in [-0.15, -0.1) is 0 Å². The summed E-state index contributed by atoms with van der Waals surface area (Å²) in [5.41, 5.74) is 2.22. The van der Waals surface area contributed by atoms with Crippen molar-refractivity contribution in [3.05, 3.63) is 47.5 Å². The van der Waals surface area contributed by atoms with E-state index in [0.29, 0.717) is 26.3 Å². The zero-order chi connectivity index (χ0) is 25.5. The van der Waals surface area contributed by atoms with Gasteiger partial charge in [0, 0.05) is 13.1 Å². The van der Waals surface area contributed by atoms with Crippen molar-refractivity contribution in [2.45, 2.75) is 109 Å². The molecule has 2 aromatic rings. The van der Waals surface area contributed by atoms with Gasteiger partial charge in [0.1, 0.15) is 0 Å². The normalized spacial score (nSPS) is 15.0. The Morgan fingerprint density at radius 1 is 0.750 bits per heavy atom. The van der Waals surface area contributed by atoms with E-state index in [2.05, 4.69) is 37.3 Å². The molecule has 3 rings (SSSR count). The zero-order valence-corrected chi connectivity index (χ0v) is 23.5. The van der Waals surface area contributed by atoms with Crippen LogP contribution in [-0.2, 0) is 26.9 Å². The fraction of sp³-hybridized carbons (Fsp3) is 0.677. The van der Waals surface area contributed by atoms with E-state index in [1.165, 1.54) is 106 Å². The molecule has 0 aromatic heterocycles. The second-order valence-electron chi connectivity index (χ2n) is 10.6. The molecule has 5 heteroatoms. The number of aryl methyl sites for hydroxylation is 1. The highest BCUT2D eigenvalue weighted by Crippen LogP contribution is 2.24. The molecule has 202 valence electrons. The number of benzene rings is 2. The number of hydrogen-bond donors (Lipinski definition) is 0. The number of nitrogens with zero attached hydrogens (tertiary/aromatic N) is 1. The van der Waals surface area contributed by atoms with Crippen LogP contribution in [0.2, 0.25) is 0 Å². The monoisotopic (exact) mass is 515 g/mol. The number of sulfonamides is 1. The van der Waals surface area contributed by atoms with E-state index >= 15 is 0 Å². The standard InChI is InChI=1S/C31H49NO3S/c1-2-3-4-5-6-7-8-9-10-11-12-13-14-15-17-29-18-16-19-30-21-20-28(26-31(29)30)27-36(33,34)32-22-24-35-25-23-32/h16,18-21,26H,2-15,17,22-25,27H2,1H3. The minimum atomic E-state index is -3.31. The highest BCUT2D eigenvalue weighted by Gasteiger charge is 2.24. The van der Waals surface area contributed by atoms with Crippen molar-refractivity contribution in [3.8, 4) is 0 Å². The van der Waals surface area contributed by atoms with Gasteiger partial charge in [-0.25, -0.2) is 8.42 Å². The van der Waals surface area contributed by atoms with Crippen molar-refractivity contribution >= 4 is 20.8 Å². The highest BCUT2D eigenvalue weighted by molar-refractivity contribution is 7.88. The first-order valence-electron chi connectivity index (χ1n) is 14.7. The third kappa shape index (κ3) is 10.1. The number of fused-ring (bicyclic) bond motifs is 1. The van der Waals surface area contributed by atoms with Crippen LogP contribution in [0, 0.1) is 0 Å². The second-order valence-corrected chi connectivity index (χ2v) is 12.6. The minimum absolute atomic E-state index is 0.0656. The number of rotatable bonds is 18. The number of ether oxygens (including phenoxy) is 1. The molecule has 1 aliphatic heterocycles. The predicted octanol–water partition coefficient (Wildman–Crippen LogP) is 8.03. The summed E-state index contributed by atoms with van der Waals surface area (Å²) in [4.78, 5) is 0. The lowest BCUT2D eigenvalue weighted by atomic mass is 9.97. The molecule has 1 heterocycles. The van der Waals surface area contributed by atoms with E-state index in [4.69, 9.17) is 4.74 Å². The molecular weight excluding hydrogens is 466 g/mol. The van der Waals surface area contributed by atoms with Crippen molar-refractivity contribution in [2.75, 3.05) is 26.3 Å². The molecule has 0 amide bonds. The molecule has 0 unspecified atom stereocenters. The maximum Gasteiger partial charge on any atom is 0.218 e. The van der Waals surface area contributed by atoms with Gasteiger partial charge in [0.25, 0.3) is 0 Å². The Morgan fingerprint density at radius 3 is 1.94 bits per heavy atom. The molecule has 0 spiro atoms. The smallest absolute Gasteiger partial charge is 0.218 e. The highest BCUT2D eigenvalue weighted by atomic mass is 32.2. The third-order valence-corrected chi connectivity index (χ3v) is 9.40. The molecule has 1 aliphatic rings. The van der Waals surface area contributed by atoms with E-state index in [0.717, 1.165) is 12.0 Å². The Bertz CT molecular complexity index is 982. The fourth-order valence-electron chi connectivity index (χ4n) is 5.33.